The molecule has 2 rings (SSSR count). The van der Waals surface area contributed by atoms with E-state index in [1.54, 1.807) is 7.05 Å². The first-order valence-corrected chi connectivity index (χ1v) is 3.90. The summed E-state index contributed by atoms with van der Waals surface area (Å²) in [5, 5.41) is 12.7. The molecule has 0 saturated heterocycles. The average Bonchev–Trinajstić information content (AvgIpc) is 2.48. The highest BCUT2D eigenvalue weighted by molar-refractivity contribution is 6.01. The fraction of sp³-hybridized carbons (Fsp3) is 0.125. The molecule has 72 valence electrons. The second-order valence-electron chi connectivity index (χ2n) is 2.89. The monoisotopic (exact) mass is 192 g/mol. The van der Waals surface area contributed by atoms with Gasteiger partial charge < -0.3 is 10.8 Å². The molecule has 0 saturated carbocycles. The first-order chi connectivity index (χ1) is 6.61. The lowest BCUT2D eigenvalue weighted by atomic mass is 10.2. The van der Waals surface area contributed by atoms with E-state index < -0.39 is 5.97 Å². The number of aromatic carboxylic acids is 1. The van der Waals surface area contributed by atoms with Crippen molar-refractivity contribution in [1.29, 1.82) is 0 Å². The number of rotatable bonds is 1. The van der Waals surface area contributed by atoms with Gasteiger partial charge in [0, 0.05) is 13.2 Å². The van der Waals surface area contributed by atoms with Crippen LogP contribution in [0.1, 0.15) is 10.4 Å². The van der Waals surface area contributed by atoms with Crippen molar-refractivity contribution in [3.8, 4) is 0 Å². The van der Waals surface area contributed by atoms with Gasteiger partial charge in [-0.15, -0.1) is 0 Å². The number of pyridine rings is 1. The van der Waals surface area contributed by atoms with E-state index in [2.05, 4.69) is 10.1 Å². The molecule has 0 aromatic carbocycles. The predicted molar refractivity (Wildman–Crippen MR) is 49.9 cm³/mol. The maximum Gasteiger partial charge on any atom is 0.339 e. The van der Waals surface area contributed by atoms with Crippen LogP contribution >= 0.6 is 0 Å². The first-order valence-electron chi connectivity index (χ1n) is 3.90. The van der Waals surface area contributed by atoms with Crippen molar-refractivity contribution >= 4 is 22.7 Å². The number of nitrogens with two attached hydrogens (primary N) is 1. The standard InChI is InChI=1S/C8H8N4O2/c1-12-7-5(3-11-12)10-2-4(6(7)9)8(13)14/h2-3H,1H3,(H2,9,10)(H,13,14). The molecule has 0 radical (unpaired) electrons. The largest absolute Gasteiger partial charge is 0.478 e. The molecule has 2 aromatic rings. The number of fused-ring (bicyclic) bond motifs is 1. The van der Waals surface area contributed by atoms with Gasteiger partial charge in [0.2, 0.25) is 0 Å². The number of anilines is 1. The second kappa shape index (κ2) is 2.69. The minimum absolute atomic E-state index is 0.00102. The van der Waals surface area contributed by atoms with Gasteiger partial charge in [0.1, 0.15) is 16.6 Å². The van der Waals surface area contributed by atoms with Crippen molar-refractivity contribution in [2.45, 2.75) is 0 Å². The summed E-state index contributed by atoms with van der Waals surface area (Å²) < 4.78 is 1.50. The van der Waals surface area contributed by atoms with Crippen molar-refractivity contribution in [2.24, 2.45) is 7.05 Å². The minimum Gasteiger partial charge on any atom is -0.478 e. The van der Waals surface area contributed by atoms with Gasteiger partial charge >= 0.3 is 5.97 Å². The van der Waals surface area contributed by atoms with Crippen LogP contribution in [-0.4, -0.2) is 25.8 Å². The molecule has 3 N–H and O–H groups in total. The number of hydrogen-bond acceptors (Lipinski definition) is 4. The van der Waals surface area contributed by atoms with Crippen LogP contribution in [0, 0.1) is 0 Å². The lowest BCUT2D eigenvalue weighted by Gasteiger charge is -2.02. The molecule has 0 fully saturated rings. The van der Waals surface area contributed by atoms with Gasteiger partial charge in [-0.05, 0) is 0 Å². The smallest absolute Gasteiger partial charge is 0.339 e. The summed E-state index contributed by atoms with van der Waals surface area (Å²) >= 11 is 0. The summed E-state index contributed by atoms with van der Waals surface area (Å²) in [4.78, 5) is 14.7. The van der Waals surface area contributed by atoms with E-state index in [1.807, 2.05) is 0 Å². The highest BCUT2D eigenvalue weighted by atomic mass is 16.4. The number of hydrogen-bond donors (Lipinski definition) is 2. The van der Waals surface area contributed by atoms with Crippen LogP contribution in [-0.2, 0) is 7.05 Å². The Morgan fingerprint density at radius 3 is 2.93 bits per heavy atom. The van der Waals surface area contributed by atoms with Gasteiger partial charge in [-0.25, -0.2) is 4.79 Å². The van der Waals surface area contributed by atoms with E-state index in [1.165, 1.54) is 17.1 Å². The number of aromatic nitrogens is 3. The Morgan fingerprint density at radius 2 is 2.29 bits per heavy atom. The summed E-state index contributed by atoms with van der Waals surface area (Å²) in [6.07, 6.45) is 2.78. The third kappa shape index (κ3) is 1.00. The first kappa shape index (κ1) is 8.49. The van der Waals surface area contributed by atoms with Crippen molar-refractivity contribution in [1.82, 2.24) is 14.8 Å². The molecule has 0 unspecified atom stereocenters. The Hall–Kier alpha value is -2.11. The molecule has 0 aliphatic heterocycles. The lowest BCUT2D eigenvalue weighted by molar-refractivity contribution is 0.0698. The molecule has 2 aromatic heterocycles. The zero-order valence-corrected chi connectivity index (χ0v) is 7.43. The summed E-state index contributed by atoms with van der Waals surface area (Å²) in [5.74, 6) is -1.09. The number of carboxylic acid groups (broad SMARTS) is 1. The number of aryl methyl sites for hydroxylation is 1. The Bertz CT molecular complexity index is 517. The van der Waals surface area contributed by atoms with Crippen molar-refractivity contribution < 1.29 is 9.90 Å². The highest BCUT2D eigenvalue weighted by Crippen LogP contribution is 2.21. The van der Waals surface area contributed by atoms with Crippen LogP contribution in [0.25, 0.3) is 11.0 Å². The number of nitrogens with zero attached hydrogens (tertiary/aromatic N) is 3. The van der Waals surface area contributed by atoms with Crippen LogP contribution in [0.4, 0.5) is 5.69 Å². The number of carbonyl (C=O) groups is 1. The topological polar surface area (TPSA) is 94.0 Å². The summed E-state index contributed by atoms with van der Waals surface area (Å²) in [6, 6.07) is 0. The van der Waals surface area contributed by atoms with Crippen LogP contribution in [0.2, 0.25) is 0 Å². The van der Waals surface area contributed by atoms with Crippen LogP contribution in [0.5, 0.6) is 0 Å². The molecule has 0 aliphatic rings. The zero-order valence-electron chi connectivity index (χ0n) is 7.43. The SMILES string of the molecule is Cn1ncc2ncc(C(=O)O)c(N)c21. The minimum atomic E-state index is -1.09. The van der Waals surface area contributed by atoms with Crippen LogP contribution < -0.4 is 5.73 Å². The fourth-order valence-electron chi connectivity index (χ4n) is 1.33. The van der Waals surface area contributed by atoms with Gasteiger partial charge in [0.05, 0.1) is 11.9 Å². The van der Waals surface area contributed by atoms with E-state index in [0.29, 0.717) is 11.0 Å². The molecule has 0 spiro atoms. The summed E-state index contributed by atoms with van der Waals surface area (Å²) in [7, 11) is 1.69. The van der Waals surface area contributed by atoms with Gasteiger partial charge in [-0.3, -0.25) is 9.67 Å². The molecule has 2 heterocycles. The third-order valence-electron chi connectivity index (χ3n) is 2.03. The number of nitrogen functional groups attached to an aromatic ring is 1. The van der Waals surface area contributed by atoms with E-state index in [4.69, 9.17) is 10.8 Å². The van der Waals surface area contributed by atoms with Crippen molar-refractivity contribution in [3.63, 3.8) is 0 Å². The molecule has 6 nitrogen and oxygen atoms in total. The van der Waals surface area contributed by atoms with E-state index in [-0.39, 0.29) is 11.3 Å². The Labute approximate surface area is 79.0 Å². The van der Waals surface area contributed by atoms with E-state index in [0.717, 1.165) is 0 Å². The summed E-state index contributed by atoms with van der Waals surface area (Å²) in [6.45, 7) is 0. The van der Waals surface area contributed by atoms with Gasteiger partial charge in [-0.1, -0.05) is 0 Å². The maximum atomic E-state index is 10.7. The Morgan fingerprint density at radius 1 is 1.57 bits per heavy atom. The number of carboxylic acids is 1. The van der Waals surface area contributed by atoms with Crippen molar-refractivity contribution in [3.05, 3.63) is 18.0 Å². The average molecular weight is 192 g/mol. The van der Waals surface area contributed by atoms with Crippen LogP contribution in [0.15, 0.2) is 12.4 Å². The second-order valence-corrected chi connectivity index (χ2v) is 2.89. The highest BCUT2D eigenvalue weighted by Gasteiger charge is 2.14. The molecular weight excluding hydrogens is 184 g/mol. The zero-order chi connectivity index (χ0) is 10.3. The maximum absolute atomic E-state index is 10.7. The van der Waals surface area contributed by atoms with Crippen molar-refractivity contribution in [2.75, 3.05) is 5.73 Å². The molecule has 0 atom stereocenters. The lowest BCUT2D eigenvalue weighted by Crippen LogP contribution is -2.05. The third-order valence-corrected chi connectivity index (χ3v) is 2.03. The molecule has 0 bridgehead atoms. The van der Waals surface area contributed by atoms with Gasteiger partial charge in [0.25, 0.3) is 0 Å². The molecule has 14 heavy (non-hydrogen) atoms. The molecule has 0 amide bonds. The molecule has 6 heteroatoms. The van der Waals surface area contributed by atoms with Gasteiger partial charge in [0.15, 0.2) is 0 Å². The molecule has 0 aliphatic carbocycles. The Balaban J connectivity index is 2.86. The molecular formula is C8H8N4O2. The van der Waals surface area contributed by atoms with Gasteiger partial charge in [-0.2, -0.15) is 5.10 Å². The van der Waals surface area contributed by atoms with E-state index >= 15 is 0 Å². The predicted octanol–water partition coefficient (Wildman–Crippen LogP) is 0.249. The normalized spacial score (nSPS) is 10.6. The quantitative estimate of drug-likeness (QED) is 0.675. The van der Waals surface area contributed by atoms with E-state index in [9.17, 15) is 4.79 Å². The summed E-state index contributed by atoms with van der Waals surface area (Å²) in [5.41, 5.74) is 7.02. The van der Waals surface area contributed by atoms with Crippen LogP contribution in [0.3, 0.4) is 0 Å². The fourth-order valence-corrected chi connectivity index (χ4v) is 1.33. The Kier molecular flexibility index (Phi) is 1.63.